The van der Waals surface area contributed by atoms with Crippen LogP contribution in [-0.4, -0.2) is 27.5 Å². The van der Waals surface area contributed by atoms with Gasteiger partial charge in [-0.3, -0.25) is 9.69 Å². The molecule has 148 valence electrons. The van der Waals surface area contributed by atoms with Crippen molar-refractivity contribution in [3.05, 3.63) is 93.7 Å². The molecule has 30 heavy (non-hydrogen) atoms. The van der Waals surface area contributed by atoms with E-state index < -0.39 is 0 Å². The van der Waals surface area contributed by atoms with E-state index in [1.165, 1.54) is 22.7 Å². The Balaban J connectivity index is 1.45. The van der Waals surface area contributed by atoms with Crippen LogP contribution in [-0.2, 0) is 11.2 Å². The second kappa shape index (κ2) is 8.34. The molecular weight excluding hydrogens is 410 g/mol. The Morgan fingerprint density at radius 3 is 2.70 bits per heavy atom. The number of rotatable bonds is 5. The van der Waals surface area contributed by atoms with E-state index >= 15 is 0 Å². The van der Waals surface area contributed by atoms with Crippen molar-refractivity contribution < 1.29 is 4.79 Å². The summed E-state index contributed by atoms with van der Waals surface area (Å²) in [6, 6.07) is 20.1. The Morgan fingerprint density at radius 1 is 1.03 bits per heavy atom. The number of fused-ring (bicyclic) bond motifs is 1. The number of aromatic amines is 1. The summed E-state index contributed by atoms with van der Waals surface area (Å²) in [6.07, 6.45) is 4.75. The average molecular weight is 430 g/mol. The molecule has 2 aromatic heterocycles. The van der Waals surface area contributed by atoms with Gasteiger partial charge in [-0.1, -0.05) is 36.4 Å². The maximum Gasteiger partial charge on any atom is 0.266 e. The van der Waals surface area contributed by atoms with E-state index in [2.05, 4.69) is 17.1 Å². The number of nitrogens with zero attached hydrogens (tertiary/aromatic N) is 2. The Kier molecular flexibility index (Phi) is 5.26. The molecule has 4 aromatic rings. The smallest absolute Gasteiger partial charge is 0.266 e. The van der Waals surface area contributed by atoms with Gasteiger partial charge >= 0.3 is 0 Å². The number of para-hydroxylation sites is 2. The highest BCUT2D eigenvalue weighted by atomic mass is 32.2. The molecule has 1 N–H and O–H groups in total. The third-order valence-corrected chi connectivity index (χ3v) is 6.70. The largest absolute Gasteiger partial charge is 0.361 e. The number of H-pyrrole nitrogens is 1. The van der Waals surface area contributed by atoms with Crippen molar-refractivity contribution in [2.75, 3.05) is 6.54 Å². The molecule has 4 nitrogen and oxygen atoms in total. The van der Waals surface area contributed by atoms with Gasteiger partial charge in [-0.15, -0.1) is 0 Å². The van der Waals surface area contributed by atoms with E-state index in [1.807, 2.05) is 71.6 Å². The zero-order chi connectivity index (χ0) is 20.3. The van der Waals surface area contributed by atoms with Crippen molar-refractivity contribution in [3.8, 4) is 0 Å². The van der Waals surface area contributed by atoms with Crippen LogP contribution in [0.4, 0.5) is 5.69 Å². The average Bonchev–Trinajstić information content (AvgIpc) is 3.49. The maximum absolute atomic E-state index is 13.2. The number of carbonyl (C=O) groups excluding carboxylic acids is 1. The summed E-state index contributed by atoms with van der Waals surface area (Å²) in [5.74, 6) is 0.0146. The van der Waals surface area contributed by atoms with Crippen LogP contribution in [0.5, 0.6) is 0 Å². The first-order valence-electron chi connectivity index (χ1n) is 9.70. The van der Waals surface area contributed by atoms with E-state index in [0.717, 1.165) is 28.4 Å². The SMILES string of the molecule is O=C1/C(=C\c2ccsc2)SC(=Nc2ccccc2)N1CCc1c[nH]c2ccccc12. The predicted molar refractivity (Wildman–Crippen MR) is 127 cm³/mol. The second-order valence-corrected chi connectivity index (χ2v) is 8.75. The molecule has 2 aromatic carbocycles. The van der Waals surface area contributed by atoms with Crippen LogP contribution >= 0.6 is 23.1 Å². The number of aromatic nitrogens is 1. The standard InChI is InChI=1S/C24H19N3OS2/c28-23-22(14-17-11-13-29-16-17)30-24(26-19-6-2-1-3-7-19)27(23)12-10-18-15-25-21-9-5-4-8-20(18)21/h1-9,11,13-16,25H,10,12H2/b22-14+,26-24?. The Bertz CT molecular complexity index is 1240. The Labute approximate surface area is 183 Å². The lowest BCUT2D eigenvalue weighted by molar-refractivity contribution is -0.122. The lowest BCUT2D eigenvalue weighted by Gasteiger charge is -2.15. The van der Waals surface area contributed by atoms with E-state index in [9.17, 15) is 4.79 Å². The number of benzene rings is 2. The number of hydrogen-bond acceptors (Lipinski definition) is 4. The van der Waals surface area contributed by atoms with Crippen molar-refractivity contribution in [1.29, 1.82) is 0 Å². The quantitative estimate of drug-likeness (QED) is 0.391. The highest BCUT2D eigenvalue weighted by molar-refractivity contribution is 8.18. The molecular formula is C24H19N3OS2. The first kappa shape index (κ1) is 18.9. The summed E-state index contributed by atoms with van der Waals surface area (Å²) in [6.45, 7) is 0.584. The van der Waals surface area contributed by atoms with Crippen LogP contribution in [0.1, 0.15) is 11.1 Å². The lowest BCUT2D eigenvalue weighted by Crippen LogP contribution is -2.31. The molecule has 0 aliphatic carbocycles. The third kappa shape index (κ3) is 3.84. The molecule has 0 unspecified atom stereocenters. The molecule has 6 heteroatoms. The van der Waals surface area contributed by atoms with Crippen molar-refractivity contribution in [3.63, 3.8) is 0 Å². The molecule has 0 bridgehead atoms. The van der Waals surface area contributed by atoms with Crippen molar-refractivity contribution in [2.24, 2.45) is 4.99 Å². The van der Waals surface area contributed by atoms with Gasteiger partial charge in [-0.05, 0) is 70.4 Å². The molecule has 3 heterocycles. The first-order chi connectivity index (χ1) is 14.8. The van der Waals surface area contributed by atoms with Gasteiger partial charge in [-0.2, -0.15) is 11.3 Å². The number of thiophene rings is 1. The van der Waals surface area contributed by atoms with Crippen LogP contribution in [0.2, 0.25) is 0 Å². The first-order valence-corrected chi connectivity index (χ1v) is 11.5. The number of amidine groups is 1. The Hall–Kier alpha value is -3.09. The lowest BCUT2D eigenvalue weighted by atomic mass is 10.1. The highest BCUT2D eigenvalue weighted by Gasteiger charge is 2.33. The van der Waals surface area contributed by atoms with Crippen molar-refractivity contribution >= 4 is 56.8 Å². The summed E-state index contributed by atoms with van der Waals surface area (Å²) in [4.78, 5) is 23.8. The molecule has 0 atom stereocenters. The van der Waals surface area contributed by atoms with E-state index in [1.54, 1.807) is 16.2 Å². The number of aliphatic imine (C=N–C) groups is 1. The molecule has 0 radical (unpaired) electrons. The minimum absolute atomic E-state index is 0.0146. The fraction of sp³-hybridized carbons (Fsp3) is 0.0833. The van der Waals surface area contributed by atoms with Crippen LogP contribution < -0.4 is 0 Å². The zero-order valence-electron chi connectivity index (χ0n) is 16.1. The van der Waals surface area contributed by atoms with E-state index in [0.29, 0.717) is 11.4 Å². The third-order valence-electron chi connectivity index (χ3n) is 4.99. The van der Waals surface area contributed by atoms with Gasteiger partial charge in [-0.25, -0.2) is 4.99 Å². The fourth-order valence-corrected chi connectivity index (χ4v) is 5.12. The van der Waals surface area contributed by atoms with Gasteiger partial charge in [0.2, 0.25) is 0 Å². The minimum atomic E-state index is 0.0146. The highest BCUT2D eigenvalue weighted by Crippen LogP contribution is 2.34. The summed E-state index contributed by atoms with van der Waals surface area (Å²) >= 11 is 3.07. The molecule has 5 rings (SSSR count). The van der Waals surface area contributed by atoms with Crippen LogP contribution in [0.25, 0.3) is 17.0 Å². The fourth-order valence-electron chi connectivity index (χ4n) is 3.48. The molecule has 1 fully saturated rings. The minimum Gasteiger partial charge on any atom is -0.361 e. The van der Waals surface area contributed by atoms with Crippen molar-refractivity contribution in [2.45, 2.75) is 6.42 Å². The molecule has 1 aliphatic heterocycles. The maximum atomic E-state index is 13.2. The van der Waals surface area contributed by atoms with E-state index in [-0.39, 0.29) is 5.91 Å². The summed E-state index contributed by atoms with van der Waals surface area (Å²) in [5.41, 5.74) is 4.22. The predicted octanol–water partition coefficient (Wildman–Crippen LogP) is 6.08. The van der Waals surface area contributed by atoms with Gasteiger partial charge < -0.3 is 4.98 Å². The zero-order valence-corrected chi connectivity index (χ0v) is 17.7. The number of nitrogens with one attached hydrogen (secondary N) is 1. The Morgan fingerprint density at radius 2 is 1.87 bits per heavy atom. The molecule has 1 saturated heterocycles. The van der Waals surface area contributed by atoms with Gasteiger partial charge in [0.05, 0.1) is 10.6 Å². The number of carbonyl (C=O) groups is 1. The summed E-state index contributed by atoms with van der Waals surface area (Å²) in [7, 11) is 0. The molecule has 1 amide bonds. The summed E-state index contributed by atoms with van der Waals surface area (Å²) < 4.78 is 0. The number of hydrogen-bond donors (Lipinski definition) is 1. The van der Waals surface area contributed by atoms with E-state index in [4.69, 9.17) is 4.99 Å². The second-order valence-electron chi connectivity index (χ2n) is 6.96. The molecule has 1 aliphatic rings. The molecule has 0 saturated carbocycles. The van der Waals surface area contributed by atoms with Crippen LogP contribution in [0.3, 0.4) is 0 Å². The topological polar surface area (TPSA) is 48.5 Å². The van der Waals surface area contributed by atoms with Crippen LogP contribution in [0.15, 0.2) is 87.5 Å². The van der Waals surface area contributed by atoms with Crippen LogP contribution in [0, 0.1) is 0 Å². The monoisotopic (exact) mass is 429 g/mol. The summed E-state index contributed by atoms with van der Waals surface area (Å²) in [5, 5.41) is 5.99. The molecule has 0 spiro atoms. The van der Waals surface area contributed by atoms with Gasteiger partial charge in [0.1, 0.15) is 0 Å². The number of amides is 1. The van der Waals surface area contributed by atoms with Gasteiger partial charge in [0, 0.05) is 23.6 Å². The van der Waals surface area contributed by atoms with Crippen molar-refractivity contribution in [1.82, 2.24) is 9.88 Å². The number of thioether (sulfide) groups is 1. The normalized spacial score (nSPS) is 16.9. The van der Waals surface area contributed by atoms with Gasteiger partial charge in [0.25, 0.3) is 5.91 Å². The van der Waals surface area contributed by atoms with Gasteiger partial charge in [0.15, 0.2) is 5.17 Å².